The van der Waals surface area contributed by atoms with Crippen molar-refractivity contribution in [2.24, 2.45) is 0 Å². The van der Waals surface area contributed by atoms with Crippen LogP contribution in [0.1, 0.15) is 20.7 Å². The number of carbonyl (C=O) groups excluding carboxylic acids is 3. The van der Waals surface area contributed by atoms with Gasteiger partial charge in [0.25, 0.3) is 11.1 Å². The van der Waals surface area contributed by atoms with Gasteiger partial charge in [0.2, 0.25) is 5.91 Å². The second kappa shape index (κ2) is 9.57. The first-order valence-corrected chi connectivity index (χ1v) is 10.6. The minimum atomic E-state index is -0.652. The van der Waals surface area contributed by atoms with Crippen LogP contribution in [-0.4, -0.2) is 53.0 Å². The Balaban J connectivity index is 1.44. The number of nitrogens with one attached hydrogen (secondary N) is 2. The highest BCUT2D eigenvalue weighted by Crippen LogP contribution is 2.29. The fourth-order valence-electron chi connectivity index (χ4n) is 3.12. The highest BCUT2D eigenvalue weighted by molar-refractivity contribution is 7.99. The molecule has 4 aromatic rings. The molecule has 0 aliphatic heterocycles. The number of aromatic amines is 1. The fraction of sp³-hybridized carbons (Fsp3) is 0.136. The highest BCUT2D eigenvalue weighted by atomic mass is 32.2. The molecule has 0 radical (unpaired) electrons. The molecular formula is C22H18N4O6S. The second-order valence-electron chi connectivity index (χ2n) is 6.74. The van der Waals surface area contributed by atoms with E-state index in [2.05, 4.69) is 20.5 Å². The van der Waals surface area contributed by atoms with Crippen molar-refractivity contribution in [2.75, 3.05) is 25.3 Å². The van der Waals surface area contributed by atoms with Crippen molar-refractivity contribution in [3.63, 3.8) is 0 Å². The van der Waals surface area contributed by atoms with Crippen molar-refractivity contribution in [2.45, 2.75) is 5.22 Å². The van der Waals surface area contributed by atoms with Gasteiger partial charge in [-0.15, -0.1) is 10.2 Å². The standard InChI is InChI=1S/C22H18N4O6S/c1-30-20(28)12-7-13(21(29)31-2)9-14(8-12)24-18(27)11-33-22-26-25-19(32-22)16-10-23-17-6-4-3-5-15(16)17/h3-10,23H,11H2,1-2H3,(H,24,27). The summed E-state index contributed by atoms with van der Waals surface area (Å²) >= 11 is 1.06. The van der Waals surface area contributed by atoms with Crippen LogP contribution in [-0.2, 0) is 14.3 Å². The molecule has 4 rings (SSSR count). The number of para-hydroxylation sites is 1. The Labute approximate surface area is 191 Å². The number of anilines is 1. The van der Waals surface area contributed by atoms with Crippen molar-refractivity contribution in [3.05, 3.63) is 59.8 Å². The van der Waals surface area contributed by atoms with Gasteiger partial charge in [0.15, 0.2) is 0 Å². The van der Waals surface area contributed by atoms with Gasteiger partial charge in [0.05, 0.1) is 36.7 Å². The molecule has 0 aliphatic carbocycles. The van der Waals surface area contributed by atoms with Crippen molar-refractivity contribution in [1.82, 2.24) is 15.2 Å². The monoisotopic (exact) mass is 466 g/mol. The third-order valence-corrected chi connectivity index (χ3v) is 5.43. The zero-order valence-electron chi connectivity index (χ0n) is 17.6. The zero-order chi connectivity index (χ0) is 23.4. The van der Waals surface area contributed by atoms with E-state index in [0.717, 1.165) is 28.2 Å². The number of esters is 2. The van der Waals surface area contributed by atoms with Crippen LogP contribution in [0.3, 0.4) is 0 Å². The molecule has 0 fully saturated rings. The molecular weight excluding hydrogens is 448 g/mol. The molecule has 11 heteroatoms. The minimum Gasteiger partial charge on any atom is -0.465 e. The van der Waals surface area contributed by atoms with E-state index >= 15 is 0 Å². The summed E-state index contributed by atoms with van der Waals surface area (Å²) in [6, 6.07) is 11.9. The fourth-order valence-corrected chi connectivity index (χ4v) is 3.68. The van der Waals surface area contributed by atoms with Crippen molar-refractivity contribution < 1.29 is 28.3 Å². The van der Waals surface area contributed by atoms with Crippen molar-refractivity contribution >= 4 is 46.2 Å². The molecule has 0 unspecified atom stereocenters. The molecule has 10 nitrogen and oxygen atoms in total. The molecule has 0 saturated heterocycles. The molecule has 2 aromatic heterocycles. The Morgan fingerprint density at radius 1 is 1.03 bits per heavy atom. The molecule has 1 amide bonds. The summed E-state index contributed by atoms with van der Waals surface area (Å²) in [5, 5.41) is 11.9. The number of thioether (sulfide) groups is 1. The summed E-state index contributed by atoms with van der Waals surface area (Å²) in [6.07, 6.45) is 1.78. The van der Waals surface area contributed by atoms with Gasteiger partial charge in [-0.25, -0.2) is 9.59 Å². The number of amides is 1. The van der Waals surface area contributed by atoms with Gasteiger partial charge in [0.1, 0.15) is 0 Å². The molecule has 2 aromatic carbocycles. The SMILES string of the molecule is COC(=O)c1cc(NC(=O)CSc2nnc(-c3c[nH]c4ccccc34)o2)cc(C(=O)OC)c1. The van der Waals surface area contributed by atoms with Gasteiger partial charge in [-0.05, 0) is 24.3 Å². The largest absolute Gasteiger partial charge is 0.465 e. The van der Waals surface area contributed by atoms with Crippen LogP contribution >= 0.6 is 11.8 Å². The number of hydrogen-bond acceptors (Lipinski definition) is 9. The van der Waals surface area contributed by atoms with Crippen molar-refractivity contribution in [3.8, 4) is 11.5 Å². The summed E-state index contributed by atoms with van der Waals surface area (Å²) in [6.45, 7) is 0. The number of benzene rings is 2. The van der Waals surface area contributed by atoms with E-state index in [-0.39, 0.29) is 27.8 Å². The Bertz CT molecular complexity index is 1310. The Kier molecular flexibility index (Phi) is 6.41. The van der Waals surface area contributed by atoms with Crippen LogP contribution in [0.4, 0.5) is 5.69 Å². The average Bonchev–Trinajstić information content (AvgIpc) is 3.48. The second-order valence-corrected chi connectivity index (χ2v) is 7.67. The van der Waals surface area contributed by atoms with Gasteiger partial charge < -0.3 is 24.2 Å². The quantitative estimate of drug-likeness (QED) is 0.310. The van der Waals surface area contributed by atoms with Gasteiger partial charge in [-0.1, -0.05) is 30.0 Å². The molecule has 0 aliphatic rings. The molecule has 2 heterocycles. The first-order chi connectivity index (χ1) is 16.0. The highest BCUT2D eigenvalue weighted by Gasteiger charge is 2.17. The number of methoxy groups -OCH3 is 2. The predicted octanol–water partition coefficient (Wildman–Crippen LogP) is 3.52. The van der Waals surface area contributed by atoms with E-state index in [0.29, 0.717) is 5.89 Å². The summed E-state index contributed by atoms with van der Waals surface area (Å²) in [4.78, 5) is 39.4. The lowest BCUT2D eigenvalue weighted by molar-refractivity contribution is -0.113. The van der Waals surface area contributed by atoms with Gasteiger partial charge in [-0.3, -0.25) is 4.79 Å². The predicted molar refractivity (Wildman–Crippen MR) is 120 cm³/mol. The van der Waals surface area contributed by atoms with Crippen LogP contribution in [0.15, 0.2) is 58.3 Å². The number of ether oxygens (including phenoxy) is 2. The van der Waals surface area contributed by atoms with E-state index in [4.69, 9.17) is 13.9 Å². The van der Waals surface area contributed by atoms with E-state index in [9.17, 15) is 14.4 Å². The van der Waals surface area contributed by atoms with Gasteiger partial charge in [0, 0.05) is 22.8 Å². The maximum absolute atomic E-state index is 12.4. The van der Waals surface area contributed by atoms with E-state index in [1.165, 1.54) is 32.4 Å². The van der Waals surface area contributed by atoms with E-state index in [1.807, 2.05) is 24.3 Å². The summed E-state index contributed by atoms with van der Waals surface area (Å²) in [5.41, 5.74) is 2.16. The third-order valence-electron chi connectivity index (χ3n) is 4.61. The molecule has 0 spiro atoms. The maximum atomic E-state index is 12.4. The van der Waals surface area contributed by atoms with Gasteiger partial charge in [-0.2, -0.15) is 0 Å². The molecule has 168 valence electrons. The lowest BCUT2D eigenvalue weighted by Crippen LogP contribution is -2.16. The van der Waals surface area contributed by atoms with Crippen molar-refractivity contribution in [1.29, 1.82) is 0 Å². The van der Waals surface area contributed by atoms with E-state index < -0.39 is 17.8 Å². The topological polar surface area (TPSA) is 136 Å². The number of rotatable bonds is 7. The molecule has 0 bridgehead atoms. The molecule has 0 saturated carbocycles. The number of nitrogens with zero attached hydrogens (tertiary/aromatic N) is 2. The Morgan fingerprint density at radius 3 is 2.42 bits per heavy atom. The average molecular weight is 466 g/mol. The number of H-pyrrole nitrogens is 1. The van der Waals surface area contributed by atoms with Crippen LogP contribution < -0.4 is 5.32 Å². The normalized spacial score (nSPS) is 10.7. The maximum Gasteiger partial charge on any atom is 0.337 e. The van der Waals surface area contributed by atoms with Crippen LogP contribution in [0.25, 0.3) is 22.4 Å². The van der Waals surface area contributed by atoms with Crippen LogP contribution in [0.2, 0.25) is 0 Å². The number of fused-ring (bicyclic) bond motifs is 1. The van der Waals surface area contributed by atoms with E-state index in [1.54, 1.807) is 6.20 Å². The van der Waals surface area contributed by atoms with Crippen LogP contribution in [0.5, 0.6) is 0 Å². The summed E-state index contributed by atoms with van der Waals surface area (Å²) in [5.74, 6) is -1.40. The summed E-state index contributed by atoms with van der Waals surface area (Å²) < 4.78 is 15.1. The van der Waals surface area contributed by atoms with Gasteiger partial charge >= 0.3 is 11.9 Å². The molecule has 0 atom stereocenters. The Morgan fingerprint density at radius 2 is 1.73 bits per heavy atom. The lowest BCUT2D eigenvalue weighted by atomic mass is 10.1. The molecule has 2 N–H and O–H groups in total. The number of hydrogen-bond donors (Lipinski definition) is 2. The zero-order valence-corrected chi connectivity index (χ0v) is 18.4. The first-order valence-electron chi connectivity index (χ1n) is 9.63. The first kappa shape index (κ1) is 22.1. The minimum absolute atomic E-state index is 0.0362. The molecule has 33 heavy (non-hydrogen) atoms. The smallest absolute Gasteiger partial charge is 0.337 e. The third kappa shape index (κ3) is 4.88. The lowest BCUT2D eigenvalue weighted by Gasteiger charge is -2.09. The number of carbonyl (C=O) groups is 3. The summed E-state index contributed by atoms with van der Waals surface area (Å²) in [7, 11) is 2.44. The Hall–Kier alpha value is -4.12. The number of aromatic nitrogens is 3. The van der Waals surface area contributed by atoms with Crippen LogP contribution in [0, 0.1) is 0 Å².